The van der Waals surface area contributed by atoms with Gasteiger partial charge in [-0.15, -0.1) is 0 Å². The summed E-state index contributed by atoms with van der Waals surface area (Å²) in [5.41, 5.74) is 1.02. The zero-order chi connectivity index (χ0) is 21.5. The molecule has 0 aliphatic heterocycles. The number of benzene rings is 1. The van der Waals surface area contributed by atoms with E-state index in [4.69, 9.17) is 0 Å². The summed E-state index contributed by atoms with van der Waals surface area (Å²) in [4.78, 5) is 21.6. The minimum atomic E-state index is -0.434. The van der Waals surface area contributed by atoms with Crippen molar-refractivity contribution in [3.63, 3.8) is 0 Å². The van der Waals surface area contributed by atoms with E-state index in [0.29, 0.717) is 29.7 Å². The van der Waals surface area contributed by atoms with Crippen LogP contribution in [0.1, 0.15) is 37.6 Å². The number of amides is 1. The Labute approximate surface area is 179 Å². The number of anilines is 1. The molecule has 0 bridgehead atoms. The fraction of sp³-hybridized carbons (Fsp3) is 0.429. The van der Waals surface area contributed by atoms with Crippen molar-refractivity contribution in [1.29, 1.82) is 0 Å². The third-order valence-corrected chi connectivity index (χ3v) is 5.34. The number of aromatic nitrogens is 4. The molecule has 30 heavy (non-hydrogen) atoms. The van der Waals surface area contributed by atoms with Gasteiger partial charge in [0, 0.05) is 24.4 Å². The normalized spacial score (nSPS) is 11.2. The average molecular weight is 431 g/mol. The first-order valence-corrected chi connectivity index (χ1v) is 11.1. The van der Waals surface area contributed by atoms with E-state index in [-0.39, 0.29) is 5.91 Å². The Morgan fingerprint density at radius 3 is 2.87 bits per heavy atom. The van der Waals surface area contributed by atoms with E-state index < -0.39 is 5.82 Å². The molecular formula is C21H27FN6OS. The summed E-state index contributed by atoms with van der Waals surface area (Å²) in [5, 5.41) is 12.2. The van der Waals surface area contributed by atoms with Gasteiger partial charge in [-0.1, -0.05) is 38.6 Å². The van der Waals surface area contributed by atoms with Gasteiger partial charge in [0.25, 0.3) is 5.91 Å². The van der Waals surface area contributed by atoms with Gasteiger partial charge in [-0.3, -0.25) is 4.79 Å². The highest BCUT2D eigenvalue weighted by Crippen LogP contribution is 2.25. The van der Waals surface area contributed by atoms with Crippen molar-refractivity contribution >= 4 is 34.5 Å². The van der Waals surface area contributed by atoms with Gasteiger partial charge in [0.15, 0.2) is 10.8 Å². The van der Waals surface area contributed by atoms with Crippen molar-refractivity contribution < 1.29 is 9.18 Å². The molecule has 2 aromatic heterocycles. The van der Waals surface area contributed by atoms with Gasteiger partial charge in [-0.25, -0.2) is 19.0 Å². The molecule has 0 aliphatic carbocycles. The molecule has 160 valence electrons. The molecule has 3 rings (SSSR count). The quantitative estimate of drug-likeness (QED) is 0.374. The lowest BCUT2D eigenvalue weighted by Gasteiger charge is -2.11. The third-order valence-electron chi connectivity index (χ3n) is 4.28. The van der Waals surface area contributed by atoms with Gasteiger partial charge in [0.2, 0.25) is 0 Å². The molecule has 0 fully saturated rings. The van der Waals surface area contributed by atoms with Crippen molar-refractivity contribution in [2.75, 3.05) is 24.2 Å². The van der Waals surface area contributed by atoms with Crippen LogP contribution in [0, 0.1) is 11.7 Å². The number of nitrogens with zero attached hydrogens (tertiary/aromatic N) is 4. The van der Waals surface area contributed by atoms with Crippen LogP contribution in [0.2, 0.25) is 0 Å². The fourth-order valence-corrected chi connectivity index (χ4v) is 3.49. The molecule has 0 saturated heterocycles. The number of nitrogens with one attached hydrogen (secondary N) is 2. The number of carbonyl (C=O) groups excluding carboxylic acids is 1. The van der Waals surface area contributed by atoms with Crippen LogP contribution in [0.25, 0.3) is 11.0 Å². The summed E-state index contributed by atoms with van der Waals surface area (Å²) < 4.78 is 15.1. The van der Waals surface area contributed by atoms with Crippen LogP contribution in [-0.4, -0.2) is 44.5 Å². The molecule has 0 spiro atoms. The average Bonchev–Trinajstić information content (AvgIpc) is 3.13. The minimum absolute atomic E-state index is 0.293. The highest BCUT2D eigenvalue weighted by molar-refractivity contribution is 7.99. The van der Waals surface area contributed by atoms with Crippen LogP contribution in [0.15, 0.2) is 35.6 Å². The molecule has 2 N–H and O–H groups in total. The molecule has 2 heterocycles. The maximum Gasteiger partial charge on any atom is 0.251 e. The van der Waals surface area contributed by atoms with Crippen molar-refractivity contribution in [1.82, 2.24) is 25.1 Å². The second kappa shape index (κ2) is 10.4. The molecule has 9 heteroatoms. The number of hydrogen-bond donors (Lipinski definition) is 2. The van der Waals surface area contributed by atoms with Crippen LogP contribution in [-0.2, 0) is 6.54 Å². The van der Waals surface area contributed by atoms with Gasteiger partial charge < -0.3 is 10.6 Å². The van der Waals surface area contributed by atoms with E-state index in [9.17, 15) is 9.18 Å². The zero-order valence-electron chi connectivity index (χ0n) is 17.5. The molecular weight excluding hydrogens is 403 g/mol. The Balaban J connectivity index is 1.74. The van der Waals surface area contributed by atoms with E-state index in [0.717, 1.165) is 35.6 Å². The molecule has 7 nitrogen and oxygen atoms in total. The largest absolute Gasteiger partial charge is 0.369 e. The third kappa shape index (κ3) is 5.69. The number of thioether (sulfide) groups is 1. The van der Waals surface area contributed by atoms with Crippen LogP contribution < -0.4 is 10.6 Å². The molecule has 0 unspecified atom stereocenters. The van der Waals surface area contributed by atoms with E-state index >= 15 is 0 Å². The van der Waals surface area contributed by atoms with Gasteiger partial charge in [-0.2, -0.15) is 5.10 Å². The monoisotopic (exact) mass is 430 g/mol. The maximum atomic E-state index is 13.3. The van der Waals surface area contributed by atoms with Crippen LogP contribution in [0.4, 0.5) is 10.2 Å². The molecule has 1 amide bonds. The topological polar surface area (TPSA) is 84.7 Å². The summed E-state index contributed by atoms with van der Waals surface area (Å²) >= 11 is 1.61. The first kappa shape index (κ1) is 22.0. The summed E-state index contributed by atoms with van der Waals surface area (Å²) in [7, 11) is 0. The summed E-state index contributed by atoms with van der Waals surface area (Å²) in [6.07, 6.45) is 2.78. The lowest BCUT2D eigenvalue weighted by atomic mass is 10.2. The van der Waals surface area contributed by atoms with Gasteiger partial charge in [0.05, 0.1) is 18.1 Å². The molecule has 1 aromatic carbocycles. The smallest absolute Gasteiger partial charge is 0.251 e. The Morgan fingerprint density at radius 1 is 1.30 bits per heavy atom. The van der Waals surface area contributed by atoms with Gasteiger partial charge in [0.1, 0.15) is 11.6 Å². The lowest BCUT2D eigenvalue weighted by Crippen LogP contribution is -2.27. The van der Waals surface area contributed by atoms with E-state index in [1.807, 2.05) is 0 Å². The van der Waals surface area contributed by atoms with Crippen molar-refractivity contribution in [2.45, 2.75) is 38.9 Å². The van der Waals surface area contributed by atoms with Gasteiger partial charge in [-0.05, 0) is 30.5 Å². The second-order valence-corrected chi connectivity index (χ2v) is 8.41. The van der Waals surface area contributed by atoms with Crippen molar-refractivity contribution in [2.24, 2.45) is 5.92 Å². The van der Waals surface area contributed by atoms with Crippen LogP contribution >= 0.6 is 11.8 Å². The summed E-state index contributed by atoms with van der Waals surface area (Å²) in [5.74, 6) is 1.44. The van der Waals surface area contributed by atoms with E-state index in [1.165, 1.54) is 18.2 Å². The van der Waals surface area contributed by atoms with Crippen molar-refractivity contribution in [3.8, 4) is 0 Å². The first-order chi connectivity index (χ1) is 14.5. The molecule has 3 aromatic rings. The number of carbonyl (C=O) groups is 1. The Bertz CT molecular complexity index is 1010. The Kier molecular flexibility index (Phi) is 7.62. The summed E-state index contributed by atoms with van der Waals surface area (Å²) in [6.45, 7) is 8.00. The number of rotatable bonds is 10. The standard InChI is InChI=1S/C21H27FN6OS/c1-4-10-30-21-26-18(24-12-14(2)3)17-13-25-28(19(17)27-21)9-8-23-20(29)15-6-5-7-16(22)11-15/h5-7,11,13-14H,4,8-10,12H2,1-3H3,(H,23,29)(H,24,26,27). The number of halogens is 1. The summed E-state index contributed by atoms with van der Waals surface area (Å²) in [6, 6.07) is 5.63. The molecule has 0 saturated carbocycles. The SMILES string of the molecule is CCCSc1nc(NCC(C)C)c2cnn(CCNC(=O)c3cccc(F)c3)c2n1. The lowest BCUT2D eigenvalue weighted by molar-refractivity contribution is 0.0951. The zero-order valence-corrected chi connectivity index (χ0v) is 18.3. The predicted octanol–water partition coefficient (Wildman–Crippen LogP) is 3.97. The highest BCUT2D eigenvalue weighted by atomic mass is 32.2. The molecule has 0 radical (unpaired) electrons. The van der Waals surface area contributed by atoms with Crippen molar-refractivity contribution in [3.05, 3.63) is 41.8 Å². The Hall–Kier alpha value is -2.68. The second-order valence-electron chi connectivity index (χ2n) is 7.35. The van der Waals surface area contributed by atoms with Gasteiger partial charge >= 0.3 is 0 Å². The van der Waals surface area contributed by atoms with Crippen LogP contribution in [0.5, 0.6) is 0 Å². The number of hydrogen-bond acceptors (Lipinski definition) is 6. The Morgan fingerprint density at radius 2 is 2.13 bits per heavy atom. The van der Waals surface area contributed by atoms with E-state index in [2.05, 4.69) is 46.5 Å². The number of fused-ring (bicyclic) bond motifs is 1. The fourth-order valence-electron chi connectivity index (χ4n) is 2.80. The van der Waals surface area contributed by atoms with Crippen LogP contribution in [0.3, 0.4) is 0 Å². The van der Waals surface area contributed by atoms with E-state index in [1.54, 1.807) is 28.7 Å². The first-order valence-electron chi connectivity index (χ1n) is 10.1. The predicted molar refractivity (Wildman–Crippen MR) is 118 cm³/mol. The maximum absolute atomic E-state index is 13.3. The molecule has 0 atom stereocenters. The minimum Gasteiger partial charge on any atom is -0.369 e. The molecule has 0 aliphatic rings. The highest BCUT2D eigenvalue weighted by Gasteiger charge is 2.14.